The Morgan fingerprint density at radius 2 is 1.84 bits per heavy atom. The van der Waals surface area contributed by atoms with E-state index in [1.54, 1.807) is 12.1 Å². The van der Waals surface area contributed by atoms with Crippen molar-refractivity contribution in [1.29, 1.82) is 0 Å². The van der Waals surface area contributed by atoms with Gasteiger partial charge in [-0.1, -0.05) is 23.7 Å². The van der Waals surface area contributed by atoms with Gasteiger partial charge in [0.2, 0.25) is 10.0 Å². The molecule has 1 aliphatic rings. The van der Waals surface area contributed by atoms with Crippen molar-refractivity contribution in [1.82, 2.24) is 9.62 Å². The Balaban J connectivity index is 1.55. The lowest BCUT2D eigenvalue weighted by molar-refractivity contribution is -0.159. The fraction of sp³-hybridized carbons (Fsp3) is 0.364. The van der Waals surface area contributed by atoms with Crippen molar-refractivity contribution >= 4 is 33.5 Å². The minimum absolute atomic E-state index is 0.0201. The molecule has 0 radical (unpaired) electrons. The molecule has 1 heterocycles. The van der Waals surface area contributed by atoms with E-state index < -0.39 is 33.9 Å². The van der Waals surface area contributed by atoms with Crippen LogP contribution in [-0.2, 0) is 30.9 Å². The highest BCUT2D eigenvalue weighted by Crippen LogP contribution is 2.25. The van der Waals surface area contributed by atoms with E-state index >= 15 is 0 Å². The Kier molecular flexibility index (Phi) is 7.86. The maximum Gasteiger partial charge on any atom is 0.311 e. The second-order valence-electron chi connectivity index (χ2n) is 7.58. The van der Waals surface area contributed by atoms with Crippen molar-refractivity contribution in [2.24, 2.45) is 5.92 Å². The van der Waals surface area contributed by atoms with Gasteiger partial charge in [-0.25, -0.2) is 12.8 Å². The van der Waals surface area contributed by atoms with Gasteiger partial charge in [0.15, 0.2) is 6.10 Å². The number of amides is 1. The Labute approximate surface area is 191 Å². The molecule has 10 heteroatoms. The van der Waals surface area contributed by atoms with Crippen molar-refractivity contribution in [3.8, 4) is 0 Å². The predicted molar refractivity (Wildman–Crippen MR) is 117 cm³/mol. The minimum atomic E-state index is -3.77. The summed E-state index contributed by atoms with van der Waals surface area (Å²) in [5.74, 6) is -2.16. The Morgan fingerprint density at radius 3 is 2.50 bits per heavy atom. The zero-order valence-corrected chi connectivity index (χ0v) is 19.0. The smallest absolute Gasteiger partial charge is 0.311 e. The maximum atomic E-state index is 13.0. The maximum absolute atomic E-state index is 13.0. The molecule has 0 aliphatic carbocycles. The highest BCUT2D eigenvalue weighted by Gasteiger charge is 2.35. The molecule has 2 aromatic carbocycles. The molecule has 2 aromatic rings. The molecule has 0 saturated carbocycles. The van der Waals surface area contributed by atoms with Gasteiger partial charge in [-0.2, -0.15) is 4.31 Å². The summed E-state index contributed by atoms with van der Waals surface area (Å²) < 4.78 is 45.3. The van der Waals surface area contributed by atoms with E-state index in [-0.39, 0.29) is 23.8 Å². The first-order valence-corrected chi connectivity index (χ1v) is 12.0. The SMILES string of the molecule is CC(OC(=O)C1CCCN(S(=O)(=O)c2ccc(Cl)cc2)C1)C(=O)NCc1ccc(F)cc1. The fourth-order valence-electron chi connectivity index (χ4n) is 3.37. The number of piperidine rings is 1. The number of nitrogens with zero attached hydrogens (tertiary/aromatic N) is 1. The Morgan fingerprint density at radius 1 is 1.19 bits per heavy atom. The van der Waals surface area contributed by atoms with Crippen molar-refractivity contribution in [3.05, 3.63) is 64.9 Å². The van der Waals surface area contributed by atoms with E-state index in [0.29, 0.717) is 30.0 Å². The van der Waals surface area contributed by atoms with E-state index in [1.807, 2.05) is 0 Å². The van der Waals surface area contributed by atoms with Crippen LogP contribution in [0.5, 0.6) is 0 Å². The summed E-state index contributed by atoms with van der Waals surface area (Å²) in [6.45, 7) is 1.89. The van der Waals surface area contributed by atoms with Crippen molar-refractivity contribution in [3.63, 3.8) is 0 Å². The molecule has 1 N–H and O–H groups in total. The average molecular weight is 483 g/mol. The van der Waals surface area contributed by atoms with E-state index in [4.69, 9.17) is 16.3 Å². The standard InChI is InChI=1S/C22H24ClFN2O5S/c1-15(21(27)25-13-16-4-8-19(24)9-5-16)31-22(28)17-3-2-12-26(14-17)32(29,30)20-10-6-18(23)7-11-20/h4-11,15,17H,2-3,12-14H2,1H3,(H,25,27). The monoisotopic (exact) mass is 482 g/mol. The summed E-state index contributed by atoms with van der Waals surface area (Å²) in [4.78, 5) is 25.0. The van der Waals surface area contributed by atoms with Gasteiger partial charge in [0, 0.05) is 24.7 Å². The van der Waals surface area contributed by atoms with E-state index in [1.165, 1.54) is 47.6 Å². The molecule has 172 valence electrons. The third kappa shape index (κ3) is 6.05. The van der Waals surface area contributed by atoms with Crippen LogP contribution >= 0.6 is 11.6 Å². The average Bonchev–Trinajstić information content (AvgIpc) is 2.78. The number of hydrogen-bond donors (Lipinski definition) is 1. The topological polar surface area (TPSA) is 92.8 Å². The second-order valence-corrected chi connectivity index (χ2v) is 9.95. The van der Waals surface area contributed by atoms with Crippen molar-refractivity contribution in [2.45, 2.75) is 37.3 Å². The molecule has 7 nitrogen and oxygen atoms in total. The first-order valence-electron chi connectivity index (χ1n) is 10.1. The number of rotatable bonds is 7. The van der Waals surface area contributed by atoms with Gasteiger partial charge in [0.25, 0.3) is 5.91 Å². The van der Waals surface area contributed by atoms with Crippen LogP contribution in [0.4, 0.5) is 4.39 Å². The lowest BCUT2D eigenvalue weighted by atomic mass is 10.00. The zero-order chi connectivity index (χ0) is 23.3. The van der Waals surface area contributed by atoms with Gasteiger partial charge >= 0.3 is 5.97 Å². The van der Waals surface area contributed by atoms with Crippen molar-refractivity contribution in [2.75, 3.05) is 13.1 Å². The number of hydrogen-bond acceptors (Lipinski definition) is 5. The van der Waals surface area contributed by atoms with Crippen LogP contribution in [-0.4, -0.2) is 43.8 Å². The van der Waals surface area contributed by atoms with Crippen LogP contribution in [0.1, 0.15) is 25.3 Å². The summed E-state index contributed by atoms with van der Waals surface area (Å²) in [7, 11) is -3.77. The molecular weight excluding hydrogens is 459 g/mol. The zero-order valence-electron chi connectivity index (χ0n) is 17.5. The van der Waals surface area contributed by atoms with Gasteiger partial charge in [-0.05, 0) is 61.7 Å². The number of sulfonamides is 1. The summed E-state index contributed by atoms with van der Waals surface area (Å²) in [5, 5.41) is 3.06. The molecule has 32 heavy (non-hydrogen) atoms. The fourth-order valence-corrected chi connectivity index (χ4v) is 5.02. The van der Waals surface area contributed by atoms with Gasteiger partial charge in [-0.3, -0.25) is 9.59 Å². The van der Waals surface area contributed by atoms with E-state index in [0.717, 1.165) is 0 Å². The van der Waals surface area contributed by atoms with Gasteiger partial charge in [-0.15, -0.1) is 0 Å². The Hall–Kier alpha value is -2.49. The summed E-state index contributed by atoms with van der Waals surface area (Å²) in [6.07, 6.45) is -0.0844. The first kappa shape index (κ1) is 24.2. The second kappa shape index (κ2) is 10.4. The number of ether oxygens (including phenoxy) is 1. The molecule has 3 rings (SSSR count). The summed E-state index contributed by atoms with van der Waals surface area (Å²) in [6, 6.07) is 11.5. The summed E-state index contributed by atoms with van der Waals surface area (Å²) in [5.41, 5.74) is 0.702. The number of halogens is 2. The van der Waals surface area contributed by atoms with Crippen LogP contribution in [0.15, 0.2) is 53.4 Å². The van der Waals surface area contributed by atoms with Gasteiger partial charge in [0.1, 0.15) is 5.82 Å². The predicted octanol–water partition coefficient (Wildman–Crippen LogP) is 3.13. The lowest BCUT2D eigenvalue weighted by Gasteiger charge is -2.31. The Bertz CT molecular complexity index is 1060. The normalized spacial score (nSPS) is 18.0. The number of carbonyl (C=O) groups excluding carboxylic acids is 2. The van der Waals surface area contributed by atoms with E-state index in [2.05, 4.69) is 5.32 Å². The number of esters is 1. The van der Waals surface area contributed by atoms with Crippen LogP contribution < -0.4 is 5.32 Å². The van der Waals surface area contributed by atoms with Crippen LogP contribution in [0, 0.1) is 11.7 Å². The first-order chi connectivity index (χ1) is 15.2. The quantitative estimate of drug-likeness (QED) is 0.612. The number of benzene rings is 2. The molecule has 2 atom stereocenters. The highest BCUT2D eigenvalue weighted by molar-refractivity contribution is 7.89. The van der Waals surface area contributed by atoms with Gasteiger partial charge in [0.05, 0.1) is 10.8 Å². The third-order valence-electron chi connectivity index (χ3n) is 5.21. The largest absolute Gasteiger partial charge is 0.452 e. The van der Waals surface area contributed by atoms with Crippen LogP contribution in [0.3, 0.4) is 0 Å². The molecule has 1 saturated heterocycles. The molecular formula is C22H24ClFN2O5S. The number of carbonyl (C=O) groups is 2. The lowest BCUT2D eigenvalue weighted by Crippen LogP contribution is -2.44. The molecule has 2 unspecified atom stereocenters. The highest BCUT2D eigenvalue weighted by atomic mass is 35.5. The van der Waals surface area contributed by atoms with Crippen LogP contribution in [0.25, 0.3) is 0 Å². The van der Waals surface area contributed by atoms with Crippen LogP contribution in [0.2, 0.25) is 5.02 Å². The molecule has 0 aromatic heterocycles. The molecule has 1 aliphatic heterocycles. The minimum Gasteiger partial charge on any atom is -0.452 e. The third-order valence-corrected chi connectivity index (χ3v) is 7.34. The van der Waals surface area contributed by atoms with Crippen molar-refractivity contribution < 1.29 is 27.1 Å². The summed E-state index contributed by atoms with van der Waals surface area (Å²) >= 11 is 5.83. The van der Waals surface area contributed by atoms with Gasteiger partial charge < -0.3 is 10.1 Å². The van der Waals surface area contributed by atoms with E-state index in [9.17, 15) is 22.4 Å². The molecule has 1 fully saturated rings. The number of nitrogens with one attached hydrogen (secondary N) is 1. The molecule has 0 spiro atoms. The molecule has 1 amide bonds. The molecule has 0 bridgehead atoms.